The number of rotatable bonds is 2. The van der Waals surface area contributed by atoms with E-state index in [9.17, 15) is 14.4 Å². The van der Waals surface area contributed by atoms with Crippen molar-refractivity contribution in [2.24, 2.45) is 36.1 Å². The molecule has 1 aromatic heterocycles. The van der Waals surface area contributed by atoms with E-state index in [1.165, 1.54) is 4.68 Å². The number of hydrazine groups is 1. The third kappa shape index (κ3) is 1.57. The highest BCUT2D eigenvalue weighted by Gasteiger charge is 2.73. The Labute approximate surface area is 146 Å². The van der Waals surface area contributed by atoms with Gasteiger partial charge in [-0.25, -0.2) is 0 Å². The van der Waals surface area contributed by atoms with Crippen LogP contribution in [0.1, 0.15) is 23.3 Å². The van der Waals surface area contributed by atoms with Crippen molar-refractivity contribution in [1.82, 2.24) is 20.2 Å². The minimum Gasteiger partial charge on any atom is -0.274 e. The molecule has 0 radical (unpaired) electrons. The molecule has 124 valence electrons. The van der Waals surface area contributed by atoms with Gasteiger partial charge in [-0.05, 0) is 46.0 Å². The maximum Gasteiger partial charge on any atom is 0.291 e. The highest BCUT2D eigenvalue weighted by molar-refractivity contribution is 9.10. The van der Waals surface area contributed by atoms with Crippen LogP contribution in [0.15, 0.2) is 22.8 Å². The minimum absolute atomic E-state index is 0.146. The van der Waals surface area contributed by atoms with Gasteiger partial charge in [0.2, 0.25) is 0 Å². The Kier molecular flexibility index (Phi) is 2.61. The second-order valence-electron chi connectivity index (χ2n) is 7.17. The molecule has 1 spiro atoms. The van der Waals surface area contributed by atoms with E-state index in [1.807, 2.05) is 0 Å². The molecule has 5 rings (SSSR count). The molecule has 3 amide bonds. The molecular weight excluding hydrogens is 376 g/mol. The van der Waals surface area contributed by atoms with Crippen LogP contribution >= 0.6 is 15.9 Å². The van der Waals surface area contributed by atoms with Crippen molar-refractivity contribution in [2.45, 2.75) is 12.8 Å². The van der Waals surface area contributed by atoms with Gasteiger partial charge in [-0.15, -0.1) is 0 Å². The lowest BCUT2D eigenvalue weighted by molar-refractivity contribution is -0.144. The van der Waals surface area contributed by atoms with Crippen molar-refractivity contribution in [2.75, 3.05) is 0 Å². The van der Waals surface area contributed by atoms with Gasteiger partial charge in [0.1, 0.15) is 0 Å². The largest absolute Gasteiger partial charge is 0.291 e. The summed E-state index contributed by atoms with van der Waals surface area (Å²) in [4.78, 5) is 37.9. The van der Waals surface area contributed by atoms with Crippen molar-refractivity contribution in [3.8, 4) is 0 Å². The van der Waals surface area contributed by atoms with Gasteiger partial charge in [0, 0.05) is 13.2 Å². The lowest BCUT2D eigenvalue weighted by atomic mass is 9.85. The van der Waals surface area contributed by atoms with Gasteiger partial charge < -0.3 is 0 Å². The first-order valence-corrected chi connectivity index (χ1v) is 8.79. The van der Waals surface area contributed by atoms with Gasteiger partial charge in [0.05, 0.1) is 16.3 Å². The van der Waals surface area contributed by atoms with E-state index in [4.69, 9.17) is 0 Å². The third-order valence-corrected chi connectivity index (χ3v) is 6.65. The molecule has 1 saturated heterocycles. The fourth-order valence-electron chi connectivity index (χ4n) is 4.96. The summed E-state index contributed by atoms with van der Waals surface area (Å²) in [5, 5.41) is 4.96. The molecule has 7 nitrogen and oxygen atoms in total. The zero-order chi connectivity index (χ0) is 16.8. The number of amides is 3. The Morgan fingerprint density at radius 3 is 2.29 bits per heavy atom. The second kappa shape index (κ2) is 4.36. The zero-order valence-electron chi connectivity index (χ0n) is 12.9. The summed E-state index contributed by atoms with van der Waals surface area (Å²) in [6, 6.07) is 0. The molecule has 0 unspecified atom stereocenters. The number of imide groups is 1. The molecule has 1 aliphatic heterocycles. The van der Waals surface area contributed by atoms with Crippen LogP contribution in [0.25, 0.3) is 0 Å². The normalized spacial score (nSPS) is 34.3. The maximum atomic E-state index is 12.8. The van der Waals surface area contributed by atoms with E-state index < -0.39 is 5.91 Å². The Bertz CT molecular complexity index is 806. The summed E-state index contributed by atoms with van der Waals surface area (Å²) in [7, 11) is 1.69. The summed E-state index contributed by atoms with van der Waals surface area (Å²) < 4.78 is 2.00. The van der Waals surface area contributed by atoms with Crippen molar-refractivity contribution in [3.63, 3.8) is 0 Å². The molecule has 0 aromatic carbocycles. The summed E-state index contributed by atoms with van der Waals surface area (Å²) in [6.07, 6.45) is 8.03. The van der Waals surface area contributed by atoms with E-state index in [-0.39, 0.29) is 46.6 Å². The predicted octanol–water partition coefficient (Wildman–Crippen LogP) is 1.02. The molecular formula is C16H15BrN4O3. The number of aryl methyl sites for hydroxylation is 1. The monoisotopic (exact) mass is 390 g/mol. The van der Waals surface area contributed by atoms with Gasteiger partial charge in [-0.2, -0.15) is 10.1 Å². The van der Waals surface area contributed by atoms with Crippen LogP contribution in [-0.2, 0) is 16.6 Å². The van der Waals surface area contributed by atoms with Gasteiger partial charge in [0.25, 0.3) is 17.7 Å². The van der Waals surface area contributed by atoms with Crippen LogP contribution in [0.3, 0.4) is 0 Å². The maximum absolute atomic E-state index is 12.8. The van der Waals surface area contributed by atoms with E-state index in [1.54, 1.807) is 13.2 Å². The topological polar surface area (TPSA) is 84.3 Å². The summed E-state index contributed by atoms with van der Waals surface area (Å²) in [5.41, 5.74) is 2.76. The fraction of sp³-hybridized carbons (Fsp3) is 0.500. The number of hydrogen-bond donors (Lipinski definition) is 1. The van der Waals surface area contributed by atoms with Gasteiger partial charge >= 0.3 is 0 Å². The number of carbonyl (C=O) groups excluding carboxylic acids is 3. The van der Waals surface area contributed by atoms with E-state index in [2.05, 4.69) is 38.6 Å². The lowest BCUT2D eigenvalue weighted by Gasteiger charge is -2.21. The molecule has 2 saturated carbocycles. The molecule has 4 aliphatic rings. The number of halogens is 1. The average Bonchev–Trinajstić information content (AvgIpc) is 2.99. The van der Waals surface area contributed by atoms with Crippen LogP contribution in [0.4, 0.5) is 0 Å². The van der Waals surface area contributed by atoms with Gasteiger partial charge in [-0.1, -0.05) is 12.2 Å². The molecule has 4 atom stereocenters. The van der Waals surface area contributed by atoms with Crippen molar-refractivity contribution >= 4 is 33.7 Å². The number of fused-ring (bicyclic) bond motifs is 3. The first kappa shape index (κ1) is 14.4. The number of nitrogens with zero attached hydrogens (tertiary/aromatic N) is 3. The van der Waals surface area contributed by atoms with Crippen LogP contribution in [0.2, 0.25) is 0 Å². The molecule has 24 heavy (non-hydrogen) atoms. The van der Waals surface area contributed by atoms with Crippen LogP contribution in [0, 0.1) is 29.1 Å². The number of nitrogens with one attached hydrogen (secondary N) is 1. The van der Waals surface area contributed by atoms with E-state index >= 15 is 0 Å². The Morgan fingerprint density at radius 2 is 1.83 bits per heavy atom. The van der Waals surface area contributed by atoms with Gasteiger partial charge in [-0.3, -0.25) is 24.5 Å². The first-order valence-electron chi connectivity index (χ1n) is 8.00. The second-order valence-corrected chi connectivity index (χ2v) is 8.03. The smallest absolute Gasteiger partial charge is 0.274 e. The lowest BCUT2D eigenvalue weighted by Crippen LogP contribution is -2.48. The molecule has 2 bridgehead atoms. The van der Waals surface area contributed by atoms with Crippen LogP contribution in [0.5, 0.6) is 0 Å². The SMILES string of the molecule is Cn1cc(Br)c(C(=O)NN2C(=O)[C@@H]3[C@H](C2=O)[C@@H]2C=C[C@@H]3C23CC3)n1. The molecule has 1 N–H and O–H groups in total. The Morgan fingerprint density at radius 1 is 1.25 bits per heavy atom. The zero-order valence-corrected chi connectivity index (χ0v) is 14.5. The highest BCUT2D eigenvalue weighted by Crippen LogP contribution is 2.73. The first-order chi connectivity index (χ1) is 11.4. The number of carbonyl (C=O) groups is 3. The summed E-state index contributed by atoms with van der Waals surface area (Å²) in [5.74, 6) is -1.47. The number of allylic oxidation sites excluding steroid dienone is 2. The van der Waals surface area contributed by atoms with Gasteiger partial charge in [0.15, 0.2) is 5.69 Å². The molecule has 2 heterocycles. The third-order valence-electron chi connectivity index (χ3n) is 6.07. The molecule has 3 fully saturated rings. The summed E-state index contributed by atoms with van der Waals surface area (Å²) in [6.45, 7) is 0. The van der Waals surface area contributed by atoms with E-state index in [0.717, 1.165) is 17.9 Å². The van der Waals surface area contributed by atoms with Crippen LogP contribution in [-0.4, -0.2) is 32.5 Å². The number of aromatic nitrogens is 2. The van der Waals surface area contributed by atoms with E-state index in [0.29, 0.717) is 4.47 Å². The molecule has 3 aliphatic carbocycles. The minimum atomic E-state index is -0.564. The van der Waals surface area contributed by atoms with Crippen molar-refractivity contribution in [1.29, 1.82) is 0 Å². The highest BCUT2D eigenvalue weighted by atomic mass is 79.9. The molecule has 1 aromatic rings. The van der Waals surface area contributed by atoms with Crippen LogP contribution < -0.4 is 5.43 Å². The quantitative estimate of drug-likeness (QED) is 0.603. The average molecular weight is 391 g/mol. The standard InChI is InChI=1S/C16H15BrN4O3/c1-20-6-9(17)12(18-20)13(22)19-21-14(23)10-7-2-3-8(11(10)15(21)24)16(7)4-5-16/h2-3,6-8,10-11H,4-5H2,1H3,(H,19,22)/t7-,8-,10-,11+/m0/s1. The number of hydrogen-bond acceptors (Lipinski definition) is 4. The van der Waals surface area contributed by atoms with Crippen molar-refractivity contribution in [3.05, 3.63) is 28.5 Å². The Balaban J connectivity index is 1.42. The summed E-state index contributed by atoms with van der Waals surface area (Å²) >= 11 is 3.26. The predicted molar refractivity (Wildman–Crippen MR) is 85.0 cm³/mol. The van der Waals surface area contributed by atoms with Crippen molar-refractivity contribution < 1.29 is 14.4 Å². The Hall–Kier alpha value is -1.96. The molecule has 8 heteroatoms. The fourth-order valence-corrected chi connectivity index (χ4v) is 5.51.